The quantitative estimate of drug-likeness (QED) is 0.377. The Morgan fingerprint density at radius 3 is 2.00 bits per heavy atom. The Kier molecular flexibility index (Phi) is 7.34. The van der Waals surface area contributed by atoms with Crippen molar-refractivity contribution in [3.05, 3.63) is 49.2 Å². The first-order chi connectivity index (χ1) is 16.7. The van der Waals surface area contributed by atoms with E-state index < -0.39 is 11.9 Å². The van der Waals surface area contributed by atoms with Gasteiger partial charge in [-0.3, -0.25) is 14.4 Å². The highest BCUT2D eigenvalue weighted by molar-refractivity contribution is 9.11. The predicted molar refractivity (Wildman–Crippen MR) is 145 cm³/mol. The molecule has 8 heteroatoms. The highest BCUT2D eigenvalue weighted by Crippen LogP contribution is 2.56. The highest BCUT2D eigenvalue weighted by atomic mass is 79.9. The molecule has 4 rings (SSSR count). The first kappa shape index (κ1) is 27.1. The molecule has 6 nitrogen and oxygen atoms in total. The minimum absolute atomic E-state index is 0.0386. The average molecular weight is 623 g/mol. The van der Waals surface area contributed by atoms with Crippen molar-refractivity contribution in [1.82, 2.24) is 4.90 Å². The molecule has 0 amide bonds. The van der Waals surface area contributed by atoms with Gasteiger partial charge in [0, 0.05) is 51.3 Å². The van der Waals surface area contributed by atoms with E-state index in [9.17, 15) is 19.5 Å². The minimum Gasteiger partial charge on any atom is -0.492 e. The van der Waals surface area contributed by atoms with Crippen LogP contribution in [0.15, 0.2) is 43.6 Å². The first-order valence-corrected chi connectivity index (χ1v) is 14.0. The van der Waals surface area contributed by atoms with Gasteiger partial charge in [-0.15, -0.1) is 0 Å². The van der Waals surface area contributed by atoms with E-state index in [0.29, 0.717) is 49.2 Å². The summed E-state index contributed by atoms with van der Waals surface area (Å²) in [5.41, 5.74) is 2.64. The van der Waals surface area contributed by atoms with E-state index in [2.05, 4.69) is 31.9 Å². The molecule has 0 saturated heterocycles. The molecule has 0 bridgehead atoms. The number of hydrogen-bond acceptors (Lipinski definition) is 5. The van der Waals surface area contributed by atoms with Crippen molar-refractivity contribution >= 4 is 49.4 Å². The number of carbonyl (C=O) groups excluding carboxylic acids is 2. The molecule has 1 aliphatic heterocycles. The van der Waals surface area contributed by atoms with E-state index in [0.717, 1.165) is 32.3 Å². The fraction of sp³-hybridized carbons (Fsp3) is 0.536. The Labute approximate surface area is 229 Å². The molecule has 0 spiro atoms. The summed E-state index contributed by atoms with van der Waals surface area (Å²) in [4.78, 5) is 41.5. The lowest BCUT2D eigenvalue weighted by molar-refractivity contribution is -0.138. The molecule has 36 heavy (non-hydrogen) atoms. The maximum absolute atomic E-state index is 13.8. The highest BCUT2D eigenvalue weighted by Gasteiger charge is 2.50. The van der Waals surface area contributed by atoms with Crippen LogP contribution >= 0.6 is 31.9 Å². The third kappa shape index (κ3) is 5.08. The topological polar surface area (TPSA) is 83.9 Å². The number of rotatable bonds is 6. The predicted octanol–water partition coefficient (Wildman–Crippen LogP) is 6.77. The number of hydrogen-bond donors (Lipinski definition) is 1. The molecule has 1 aromatic carbocycles. The first-order valence-electron chi connectivity index (χ1n) is 12.4. The van der Waals surface area contributed by atoms with Crippen molar-refractivity contribution in [3.8, 4) is 5.75 Å². The van der Waals surface area contributed by atoms with Crippen LogP contribution in [0.1, 0.15) is 78.2 Å². The summed E-state index contributed by atoms with van der Waals surface area (Å²) in [5.74, 6) is -1.05. The fourth-order valence-corrected chi connectivity index (χ4v) is 7.21. The molecule has 1 N–H and O–H groups in total. The second kappa shape index (κ2) is 9.75. The molecule has 2 aliphatic carbocycles. The van der Waals surface area contributed by atoms with Crippen LogP contribution in [0, 0.1) is 10.8 Å². The van der Waals surface area contributed by atoms with Crippen molar-refractivity contribution in [2.45, 2.75) is 72.6 Å². The molecular formula is C28H33Br2NO5. The van der Waals surface area contributed by atoms with E-state index in [1.54, 1.807) is 4.90 Å². The molecule has 1 heterocycles. The van der Waals surface area contributed by atoms with E-state index in [4.69, 9.17) is 4.74 Å². The zero-order valence-electron chi connectivity index (χ0n) is 21.5. The molecule has 0 radical (unpaired) electrons. The average Bonchev–Trinajstić information content (AvgIpc) is 2.71. The summed E-state index contributed by atoms with van der Waals surface area (Å²) in [6, 6.07) is 3.83. The number of benzene rings is 1. The third-order valence-electron chi connectivity index (χ3n) is 7.11. The van der Waals surface area contributed by atoms with Gasteiger partial charge in [-0.25, -0.2) is 0 Å². The van der Waals surface area contributed by atoms with E-state index >= 15 is 0 Å². The van der Waals surface area contributed by atoms with Gasteiger partial charge in [0.15, 0.2) is 11.6 Å². The van der Waals surface area contributed by atoms with Crippen molar-refractivity contribution in [1.29, 1.82) is 0 Å². The maximum Gasteiger partial charge on any atom is 0.323 e. The van der Waals surface area contributed by atoms with Crippen LogP contribution in [-0.2, 0) is 14.4 Å². The van der Waals surface area contributed by atoms with Gasteiger partial charge in [0.05, 0.1) is 11.1 Å². The third-order valence-corrected chi connectivity index (χ3v) is 8.16. The van der Waals surface area contributed by atoms with Gasteiger partial charge < -0.3 is 14.7 Å². The zero-order chi connectivity index (χ0) is 26.6. The molecule has 0 atom stereocenters. The van der Waals surface area contributed by atoms with Crippen molar-refractivity contribution in [2.24, 2.45) is 10.8 Å². The molecule has 0 unspecified atom stereocenters. The number of halogens is 2. The van der Waals surface area contributed by atoms with Gasteiger partial charge in [0.25, 0.3) is 0 Å². The van der Waals surface area contributed by atoms with Crippen LogP contribution in [0.3, 0.4) is 0 Å². The van der Waals surface area contributed by atoms with Crippen LogP contribution in [0.2, 0.25) is 0 Å². The van der Waals surface area contributed by atoms with Crippen LogP contribution in [0.25, 0.3) is 0 Å². The van der Waals surface area contributed by atoms with E-state index in [-0.39, 0.29) is 28.9 Å². The summed E-state index contributed by atoms with van der Waals surface area (Å²) in [7, 11) is 0. The molecule has 0 saturated carbocycles. The Morgan fingerprint density at radius 2 is 1.53 bits per heavy atom. The number of Topliss-reactive ketones (excluding diaryl/α,β-unsaturated/α-hetero) is 2. The van der Waals surface area contributed by atoms with E-state index in [1.165, 1.54) is 0 Å². The van der Waals surface area contributed by atoms with Crippen LogP contribution in [0.5, 0.6) is 5.75 Å². The second-order valence-corrected chi connectivity index (χ2v) is 13.4. The monoisotopic (exact) mass is 621 g/mol. The van der Waals surface area contributed by atoms with Crippen LogP contribution in [0.4, 0.5) is 0 Å². The van der Waals surface area contributed by atoms with Gasteiger partial charge in [0.1, 0.15) is 12.3 Å². The number of allylic oxidation sites excluding steroid dienone is 4. The Bertz CT molecular complexity index is 1160. The normalized spacial score (nSPS) is 21.5. The lowest BCUT2D eigenvalue weighted by Gasteiger charge is -2.48. The largest absolute Gasteiger partial charge is 0.492 e. The molecule has 0 fully saturated rings. The van der Waals surface area contributed by atoms with Crippen molar-refractivity contribution in [3.63, 3.8) is 0 Å². The molecule has 0 aromatic heterocycles. The van der Waals surface area contributed by atoms with Gasteiger partial charge >= 0.3 is 5.97 Å². The summed E-state index contributed by atoms with van der Waals surface area (Å²) in [5, 5.41) is 9.85. The number of carboxylic acids is 1. The summed E-state index contributed by atoms with van der Waals surface area (Å²) >= 11 is 7.23. The lowest BCUT2D eigenvalue weighted by atomic mass is 9.63. The molecule has 1 aromatic rings. The van der Waals surface area contributed by atoms with Crippen LogP contribution < -0.4 is 4.74 Å². The maximum atomic E-state index is 13.8. The second-order valence-electron chi connectivity index (χ2n) is 11.7. The summed E-state index contributed by atoms with van der Waals surface area (Å²) in [6.07, 6.45) is 2.60. The summed E-state index contributed by atoms with van der Waals surface area (Å²) < 4.78 is 7.73. The number of ether oxygens (including phenoxy) is 1. The van der Waals surface area contributed by atoms with Gasteiger partial charge in [-0.05, 0) is 58.2 Å². The number of nitrogens with zero attached hydrogens (tertiary/aromatic N) is 1. The van der Waals surface area contributed by atoms with Crippen molar-refractivity contribution in [2.75, 3.05) is 13.2 Å². The standard InChI is InChI=1S/C28H33Br2NO5/c1-6-7-36-26-16(8-15(29)9-17(26)30)23-24-18(10-27(2,3)12-20(24)32)31(14-22(34)35)19-11-28(4,5)13-21(33)25(19)23/h8-9,23H,6-7,10-14H2,1-5H3,(H,34,35). The zero-order valence-corrected chi connectivity index (χ0v) is 24.6. The van der Waals surface area contributed by atoms with E-state index in [1.807, 2.05) is 46.8 Å². The molecular weight excluding hydrogens is 590 g/mol. The molecule has 194 valence electrons. The van der Waals surface area contributed by atoms with Crippen molar-refractivity contribution < 1.29 is 24.2 Å². The fourth-order valence-electron chi connectivity index (χ4n) is 5.84. The Balaban J connectivity index is 2.06. The van der Waals surface area contributed by atoms with Gasteiger partial charge in [-0.2, -0.15) is 0 Å². The Morgan fingerprint density at radius 1 is 1.00 bits per heavy atom. The number of carboxylic acid groups (broad SMARTS) is 1. The van der Waals surface area contributed by atoms with Crippen LogP contribution in [-0.4, -0.2) is 40.7 Å². The lowest BCUT2D eigenvalue weighted by Crippen LogP contribution is -2.45. The number of aliphatic carboxylic acids is 1. The number of carbonyl (C=O) groups is 3. The minimum atomic E-state index is -0.990. The Hall–Kier alpha value is -1.93. The molecule has 3 aliphatic rings. The number of ketones is 2. The van der Waals surface area contributed by atoms with Gasteiger partial charge in [-0.1, -0.05) is 50.5 Å². The van der Waals surface area contributed by atoms with Gasteiger partial charge in [0.2, 0.25) is 0 Å². The SMILES string of the molecule is CCCOc1c(Br)cc(Br)cc1C1C2=C(CC(C)(C)CC2=O)N(CC(=O)O)C2=C1C(=O)CC(C)(C)C2. The smallest absolute Gasteiger partial charge is 0.323 e. The summed E-state index contributed by atoms with van der Waals surface area (Å²) in [6.45, 7) is 10.4.